The van der Waals surface area contributed by atoms with Crippen molar-refractivity contribution in [2.24, 2.45) is 11.8 Å². The smallest absolute Gasteiger partial charge is 0.462 e. The van der Waals surface area contributed by atoms with Gasteiger partial charge in [0, 0.05) is 25.7 Å². The molecule has 0 saturated heterocycles. The predicted molar refractivity (Wildman–Crippen MR) is 391 cm³/mol. The van der Waals surface area contributed by atoms with Crippen LogP contribution in [0.25, 0.3) is 0 Å². The molecule has 0 bridgehead atoms. The molecule has 0 radical (unpaired) electrons. The summed E-state index contributed by atoms with van der Waals surface area (Å²) in [4.78, 5) is 72.7. The van der Waals surface area contributed by atoms with E-state index in [1.54, 1.807) is 0 Å². The molecule has 3 unspecified atom stereocenters. The minimum atomic E-state index is -4.96. The SMILES string of the molecule is CCCCCCCCCCCCCCCCCCCCCCCCC(=O)O[C@H](COC(=O)CCCCCCCCCCCCCCCC(C)C)COP(=O)(O)OC[C@@H](O)COP(=O)(O)OC[C@@H](COC(=O)CCCCCCCCCC)OC(=O)CCCCCCCCC(C)CC. The van der Waals surface area contributed by atoms with Crippen molar-refractivity contribution in [3.63, 3.8) is 0 Å². The van der Waals surface area contributed by atoms with Crippen LogP contribution in [-0.2, 0) is 65.4 Å². The molecule has 0 heterocycles. The molecule has 0 aromatic carbocycles. The Morgan fingerprint density at radius 3 is 0.792 bits per heavy atom. The number of phosphoric acid groups is 2. The second-order valence-corrected chi connectivity index (χ2v) is 31.4. The highest BCUT2D eigenvalue weighted by atomic mass is 31.2. The Morgan fingerprint density at radius 1 is 0.302 bits per heavy atom. The summed E-state index contributed by atoms with van der Waals surface area (Å²) in [7, 11) is -9.91. The lowest BCUT2D eigenvalue weighted by Gasteiger charge is -2.21. The van der Waals surface area contributed by atoms with E-state index in [0.29, 0.717) is 25.7 Å². The number of aliphatic hydroxyl groups excluding tert-OH is 1. The fraction of sp³-hybridized carbons (Fsp3) is 0.948. The first-order valence-electron chi connectivity index (χ1n) is 40.0. The minimum absolute atomic E-state index is 0.103. The van der Waals surface area contributed by atoms with Gasteiger partial charge < -0.3 is 33.8 Å². The van der Waals surface area contributed by atoms with Crippen molar-refractivity contribution >= 4 is 39.5 Å². The topological polar surface area (TPSA) is 237 Å². The highest BCUT2D eigenvalue weighted by molar-refractivity contribution is 7.47. The van der Waals surface area contributed by atoms with Gasteiger partial charge in [-0.15, -0.1) is 0 Å². The van der Waals surface area contributed by atoms with Crippen molar-refractivity contribution in [3.8, 4) is 0 Å². The standard InChI is InChI=1S/C77H150O17P2/c1-7-10-12-14-16-18-19-20-21-22-23-24-25-26-27-28-31-35-38-42-49-55-61-76(81)93-72(65-88-75(80)60-54-48-41-37-34-32-29-30-33-36-39-45-51-57-69(4)5)67-91-95(83,84)89-63-71(78)64-90-96(85,86)92-68-73(66-87-74(79)59-53-47-40-17-15-13-11-8-2)94-77(82)62-56-50-44-43-46-52-58-70(6)9-3/h69-73,78H,7-68H2,1-6H3,(H,83,84)(H,85,86)/t70?,71-,72-,73-/m1/s1. The molecule has 6 atom stereocenters. The third kappa shape index (κ3) is 69.2. The highest BCUT2D eigenvalue weighted by Gasteiger charge is 2.30. The second kappa shape index (κ2) is 68.8. The van der Waals surface area contributed by atoms with E-state index >= 15 is 0 Å². The number of hydrogen-bond acceptors (Lipinski definition) is 15. The molecule has 0 spiro atoms. The first-order valence-corrected chi connectivity index (χ1v) is 43.0. The Kier molecular flexibility index (Phi) is 67.4. The van der Waals surface area contributed by atoms with Gasteiger partial charge in [0.2, 0.25) is 0 Å². The first-order chi connectivity index (χ1) is 46.4. The number of carbonyl (C=O) groups is 4. The van der Waals surface area contributed by atoms with Crippen LogP contribution in [0.4, 0.5) is 0 Å². The number of carbonyl (C=O) groups excluding carboxylic acids is 4. The van der Waals surface area contributed by atoms with Crippen LogP contribution in [0.1, 0.15) is 401 Å². The quantitative estimate of drug-likeness (QED) is 0.0222. The molecule has 0 saturated carbocycles. The Hall–Kier alpha value is -1.94. The van der Waals surface area contributed by atoms with E-state index in [9.17, 15) is 43.2 Å². The molecule has 0 aliphatic carbocycles. The summed E-state index contributed by atoms with van der Waals surface area (Å²) in [5.74, 6) is -0.610. The number of hydrogen-bond donors (Lipinski definition) is 3. The van der Waals surface area contributed by atoms with Gasteiger partial charge in [-0.05, 0) is 37.5 Å². The van der Waals surface area contributed by atoms with E-state index in [0.717, 1.165) is 108 Å². The third-order valence-corrected chi connectivity index (χ3v) is 20.2. The molecule has 17 nitrogen and oxygen atoms in total. The van der Waals surface area contributed by atoms with Gasteiger partial charge in [0.1, 0.15) is 19.3 Å². The lowest BCUT2D eigenvalue weighted by Crippen LogP contribution is -2.30. The maximum atomic E-state index is 13.1. The number of phosphoric ester groups is 2. The van der Waals surface area contributed by atoms with Crippen molar-refractivity contribution in [2.45, 2.75) is 419 Å². The molecule has 0 aliphatic heterocycles. The van der Waals surface area contributed by atoms with Gasteiger partial charge >= 0.3 is 39.5 Å². The summed E-state index contributed by atoms with van der Waals surface area (Å²) >= 11 is 0. The minimum Gasteiger partial charge on any atom is -0.462 e. The molecule has 0 fully saturated rings. The van der Waals surface area contributed by atoms with Gasteiger partial charge in [0.15, 0.2) is 12.2 Å². The molecule has 3 N–H and O–H groups in total. The van der Waals surface area contributed by atoms with E-state index in [4.69, 9.17) is 37.0 Å². The molecule has 96 heavy (non-hydrogen) atoms. The highest BCUT2D eigenvalue weighted by Crippen LogP contribution is 2.45. The summed E-state index contributed by atoms with van der Waals surface area (Å²) in [6.07, 6.45) is 57.2. The van der Waals surface area contributed by atoms with E-state index < -0.39 is 97.5 Å². The predicted octanol–water partition coefficient (Wildman–Crippen LogP) is 22.7. The van der Waals surface area contributed by atoms with Crippen LogP contribution >= 0.6 is 15.6 Å². The molecular weight excluding hydrogens is 1260 g/mol. The van der Waals surface area contributed by atoms with Gasteiger partial charge in [-0.3, -0.25) is 37.3 Å². The molecule has 570 valence electrons. The summed E-state index contributed by atoms with van der Waals surface area (Å²) in [6, 6.07) is 0. The normalized spacial score (nSPS) is 14.3. The second-order valence-electron chi connectivity index (χ2n) is 28.5. The Labute approximate surface area is 588 Å². The van der Waals surface area contributed by atoms with Gasteiger partial charge in [-0.25, -0.2) is 9.13 Å². The van der Waals surface area contributed by atoms with Crippen LogP contribution in [0.15, 0.2) is 0 Å². The van der Waals surface area contributed by atoms with Gasteiger partial charge in [-0.2, -0.15) is 0 Å². The Balaban J connectivity index is 5.16. The van der Waals surface area contributed by atoms with Crippen molar-refractivity contribution in [3.05, 3.63) is 0 Å². The maximum Gasteiger partial charge on any atom is 0.472 e. The first kappa shape index (κ1) is 94.1. The van der Waals surface area contributed by atoms with Crippen LogP contribution in [0.2, 0.25) is 0 Å². The largest absolute Gasteiger partial charge is 0.472 e. The molecule has 0 rings (SSSR count). The molecular formula is C77H150O17P2. The molecule has 0 aromatic heterocycles. The zero-order valence-electron chi connectivity index (χ0n) is 62.7. The average molecular weight is 1410 g/mol. The summed E-state index contributed by atoms with van der Waals surface area (Å²) in [5, 5.41) is 10.6. The number of ether oxygens (including phenoxy) is 4. The van der Waals surface area contributed by atoms with Crippen molar-refractivity contribution in [2.75, 3.05) is 39.6 Å². The number of esters is 4. The number of rotatable bonds is 76. The van der Waals surface area contributed by atoms with E-state index in [2.05, 4.69) is 41.5 Å². The summed E-state index contributed by atoms with van der Waals surface area (Å²) in [6.45, 7) is 9.53. The van der Waals surface area contributed by atoms with Gasteiger partial charge in [0.25, 0.3) is 0 Å². The van der Waals surface area contributed by atoms with Crippen molar-refractivity contribution in [1.82, 2.24) is 0 Å². The monoisotopic (exact) mass is 1410 g/mol. The number of unbranched alkanes of at least 4 members (excludes halogenated alkanes) is 45. The fourth-order valence-corrected chi connectivity index (χ4v) is 13.4. The van der Waals surface area contributed by atoms with Gasteiger partial charge in [-0.1, -0.05) is 350 Å². The average Bonchev–Trinajstić information content (AvgIpc) is 2.52. The van der Waals surface area contributed by atoms with Crippen molar-refractivity contribution < 1.29 is 80.2 Å². The lowest BCUT2D eigenvalue weighted by molar-refractivity contribution is -0.161. The van der Waals surface area contributed by atoms with Crippen LogP contribution in [0.5, 0.6) is 0 Å². The maximum absolute atomic E-state index is 13.1. The van der Waals surface area contributed by atoms with Crippen LogP contribution < -0.4 is 0 Å². The summed E-state index contributed by atoms with van der Waals surface area (Å²) in [5.41, 5.74) is 0. The molecule has 0 aromatic rings. The molecule has 19 heteroatoms. The number of aliphatic hydroxyl groups is 1. The lowest BCUT2D eigenvalue weighted by atomic mass is 10.00. The van der Waals surface area contributed by atoms with Crippen LogP contribution in [0.3, 0.4) is 0 Å². The Bertz CT molecular complexity index is 1860. The zero-order valence-corrected chi connectivity index (χ0v) is 64.5. The molecule has 0 amide bonds. The Morgan fingerprint density at radius 2 is 0.531 bits per heavy atom. The third-order valence-electron chi connectivity index (χ3n) is 18.3. The fourth-order valence-electron chi connectivity index (χ4n) is 11.8. The zero-order chi connectivity index (χ0) is 70.7. The van der Waals surface area contributed by atoms with E-state index in [-0.39, 0.29) is 25.7 Å². The van der Waals surface area contributed by atoms with Crippen molar-refractivity contribution in [1.29, 1.82) is 0 Å². The van der Waals surface area contributed by atoms with Crippen LogP contribution in [0, 0.1) is 11.8 Å². The summed E-state index contributed by atoms with van der Waals surface area (Å²) < 4.78 is 68.4. The van der Waals surface area contributed by atoms with Gasteiger partial charge in [0.05, 0.1) is 26.4 Å². The van der Waals surface area contributed by atoms with Crippen LogP contribution in [-0.4, -0.2) is 96.7 Å². The van der Waals surface area contributed by atoms with E-state index in [1.807, 2.05) is 0 Å². The van der Waals surface area contributed by atoms with E-state index in [1.165, 1.54) is 212 Å². The molecule has 0 aliphatic rings.